The van der Waals surface area contributed by atoms with E-state index < -0.39 is 0 Å². The number of ether oxygens (including phenoxy) is 2. The third kappa shape index (κ3) is 3.04. The van der Waals surface area contributed by atoms with Gasteiger partial charge in [0.25, 0.3) is 0 Å². The molecule has 5 nitrogen and oxygen atoms in total. The van der Waals surface area contributed by atoms with E-state index >= 15 is 0 Å². The van der Waals surface area contributed by atoms with Crippen LogP contribution in [0.15, 0.2) is 18.2 Å². The third-order valence-electron chi connectivity index (χ3n) is 3.79. The number of anilines is 1. The lowest BCUT2D eigenvalue weighted by Gasteiger charge is -2.32. The molecule has 1 heterocycles. The van der Waals surface area contributed by atoms with Crippen molar-refractivity contribution in [3.8, 4) is 11.5 Å². The fourth-order valence-corrected chi connectivity index (χ4v) is 2.45. The number of hydrogen-bond acceptors (Lipinski definition) is 4. The van der Waals surface area contributed by atoms with Crippen LogP contribution in [0.2, 0.25) is 0 Å². The molecule has 2 N–H and O–H groups in total. The second-order valence-corrected chi connectivity index (χ2v) is 5.36. The molecule has 0 aliphatic carbocycles. The molecule has 0 saturated carbocycles. The highest BCUT2D eigenvalue weighted by atomic mass is 16.5. The topological polar surface area (TPSA) is 59.6 Å². The first-order valence-electron chi connectivity index (χ1n) is 6.83. The number of rotatable bonds is 4. The van der Waals surface area contributed by atoms with Gasteiger partial charge in [-0.3, -0.25) is 4.79 Å². The van der Waals surface area contributed by atoms with Gasteiger partial charge in [-0.1, -0.05) is 0 Å². The van der Waals surface area contributed by atoms with Gasteiger partial charge >= 0.3 is 0 Å². The lowest BCUT2D eigenvalue weighted by Crippen LogP contribution is -2.46. The number of piperidine rings is 1. The molecule has 1 unspecified atom stereocenters. The summed E-state index contributed by atoms with van der Waals surface area (Å²) in [5.41, 5.74) is 0.366. The first-order valence-corrected chi connectivity index (χ1v) is 6.83. The van der Waals surface area contributed by atoms with Crippen molar-refractivity contribution in [3.63, 3.8) is 0 Å². The smallest absolute Gasteiger partial charge is 0.231 e. The number of benzene rings is 1. The quantitative estimate of drug-likeness (QED) is 0.885. The molecule has 0 bridgehead atoms. The van der Waals surface area contributed by atoms with Crippen LogP contribution in [0.5, 0.6) is 11.5 Å². The highest BCUT2D eigenvalue weighted by Gasteiger charge is 2.34. The predicted molar refractivity (Wildman–Crippen MR) is 78.4 cm³/mol. The van der Waals surface area contributed by atoms with Crippen molar-refractivity contribution in [3.05, 3.63) is 18.2 Å². The fraction of sp³-hybridized carbons (Fsp3) is 0.533. The van der Waals surface area contributed by atoms with Crippen LogP contribution >= 0.6 is 0 Å². The first-order chi connectivity index (χ1) is 9.59. The minimum Gasteiger partial charge on any atom is -0.493 e. The van der Waals surface area contributed by atoms with E-state index in [9.17, 15) is 4.79 Å². The molecule has 1 aromatic rings. The Hall–Kier alpha value is -1.75. The van der Waals surface area contributed by atoms with E-state index in [4.69, 9.17) is 9.47 Å². The van der Waals surface area contributed by atoms with Crippen LogP contribution in [0.1, 0.15) is 19.8 Å². The van der Waals surface area contributed by atoms with Crippen LogP contribution in [0.25, 0.3) is 0 Å². The molecule has 5 heteroatoms. The van der Waals surface area contributed by atoms with Crippen LogP contribution in [0.3, 0.4) is 0 Å². The minimum atomic E-state index is -0.356. The third-order valence-corrected chi connectivity index (χ3v) is 3.79. The van der Waals surface area contributed by atoms with E-state index in [2.05, 4.69) is 10.6 Å². The summed E-state index contributed by atoms with van der Waals surface area (Å²) in [7, 11) is 3.17. The Labute approximate surface area is 119 Å². The predicted octanol–water partition coefficient (Wildman–Crippen LogP) is 2.03. The summed E-state index contributed by atoms with van der Waals surface area (Å²) in [4.78, 5) is 12.4. The maximum atomic E-state index is 12.4. The summed E-state index contributed by atoms with van der Waals surface area (Å²) in [5.74, 6) is 1.30. The Morgan fingerprint density at radius 1 is 1.30 bits per heavy atom. The largest absolute Gasteiger partial charge is 0.493 e. The van der Waals surface area contributed by atoms with E-state index in [0.717, 1.165) is 25.1 Å². The monoisotopic (exact) mass is 278 g/mol. The summed E-state index contributed by atoms with van der Waals surface area (Å²) in [6.07, 6.45) is 1.93. The zero-order valence-electron chi connectivity index (χ0n) is 12.3. The Balaban J connectivity index is 2.11. The standard InChI is InChI=1S/C15H22N2O3/c1-15(7-4-8-16-10-15)14(18)17-11-5-6-12(19-2)13(9-11)20-3/h5-6,9,16H,4,7-8,10H2,1-3H3,(H,17,18). The number of methoxy groups -OCH3 is 2. The maximum Gasteiger partial charge on any atom is 0.231 e. The molecule has 110 valence electrons. The molecular weight excluding hydrogens is 256 g/mol. The molecular formula is C15H22N2O3. The molecule has 1 fully saturated rings. The maximum absolute atomic E-state index is 12.4. The molecule has 1 saturated heterocycles. The average Bonchev–Trinajstić information content (AvgIpc) is 2.47. The van der Waals surface area contributed by atoms with Crippen molar-refractivity contribution in [1.29, 1.82) is 0 Å². The number of amides is 1. The lowest BCUT2D eigenvalue weighted by atomic mass is 9.82. The van der Waals surface area contributed by atoms with Gasteiger partial charge in [0.15, 0.2) is 11.5 Å². The number of carbonyl (C=O) groups excluding carboxylic acids is 1. The second-order valence-electron chi connectivity index (χ2n) is 5.36. The Bertz CT molecular complexity index is 482. The van der Waals surface area contributed by atoms with E-state index in [0.29, 0.717) is 18.0 Å². The lowest BCUT2D eigenvalue weighted by molar-refractivity contribution is -0.125. The van der Waals surface area contributed by atoms with Crippen LogP contribution in [0, 0.1) is 5.41 Å². The molecule has 20 heavy (non-hydrogen) atoms. The summed E-state index contributed by atoms with van der Waals surface area (Å²) in [6, 6.07) is 5.38. The normalized spacial score (nSPS) is 22.1. The average molecular weight is 278 g/mol. The summed E-state index contributed by atoms with van der Waals surface area (Å²) < 4.78 is 10.4. The molecule has 0 aromatic heterocycles. The molecule has 1 amide bonds. The number of nitrogens with one attached hydrogen (secondary N) is 2. The SMILES string of the molecule is COc1ccc(NC(=O)C2(C)CCCNC2)cc1OC. The van der Waals surface area contributed by atoms with Crippen LogP contribution in [0.4, 0.5) is 5.69 Å². The Morgan fingerprint density at radius 2 is 2.05 bits per heavy atom. The molecule has 0 spiro atoms. The van der Waals surface area contributed by atoms with Gasteiger partial charge in [-0.15, -0.1) is 0 Å². The van der Waals surface area contributed by atoms with Crippen LogP contribution in [-0.4, -0.2) is 33.2 Å². The second kappa shape index (κ2) is 6.13. The summed E-state index contributed by atoms with van der Waals surface area (Å²) in [6.45, 7) is 3.70. The van der Waals surface area contributed by atoms with Crippen molar-refractivity contribution in [2.75, 3.05) is 32.6 Å². The van der Waals surface area contributed by atoms with E-state index in [-0.39, 0.29) is 11.3 Å². The van der Waals surface area contributed by atoms with Gasteiger partial charge in [0.2, 0.25) is 5.91 Å². The summed E-state index contributed by atoms with van der Waals surface area (Å²) in [5, 5.41) is 6.24. The van der Waals surface area contributed by atoms with Gasteiger partial charge < -0.3 is 20.1 Å². The molecule has 1 atom stereocenters. The fourth-order valence-electron chi connectivity index (χ4n) is 2.45. The number of hydrogen-bond donors (Lipinski definition) is 2. The molecule has 1 aliphatic rings. The highest BCUT2D eigenvalue weighted by molar-refractivity contribution is 5.95. The van der Waals surface area contributed by atoms with E-state index in [1.165, 1.54) is 0 Å². The van der Waals surface area contributed by atoms with Crippen molar-refractivity contribution >= 4 is 11.6 Å². The molecule has 1 aliphatic heterocycles. The van der Waals surface area contributed by atoms with Gasteiger partial charge in [-0.05, 0) is 38.4 Å². The van der Waals surface area contributed by atoms with Crippen LogP contribution in [-0.2, 0) is 4.79 Å². The number of carbonyl (C=O) groups is 1. The highest BCUT2D eigenvalue weighted by Crippen LogP contribution is 2.32. The van der Waals surface area contributed by atoms with Crippen molar-refractivity contribution < 1.29 is 14.3 Å². The molecule has 1 aromatic carbocycles. The van der Waals surface area contributed by atoms with Gasteiger partial charge in [0.05, 0.1) is 19.6 Å². The van der Waals surface area contributed by atoms with E-state index in [1.807, 2.05) is 13.0 Å². The molecule has 2 rings (SSSR count). The van der Waals surface area contributed by atoms with Gasteiger partial charge in [0, 0.05) is 18.3 Å². The Kier molecular flexibility index (Phi) is 4.49. The summed E-state index contributed by atoms with van der Waals surface area (Å²) >= 11 is 0. The van der Waals surface area contributed by atoms with Crippen LogP contribution < -0.4 is 20.1 Å². The van der Waals surface area contributed by atoms with Crippen molar-refractivity contribution in [2.45, 2.75) is 19.8 Å². The van der Waals surface area contributed by atoms with Crippen molar-refractivity contribution in [2.24, 2.45) is 5.41 Å². The van der Waals surface area contributed by atoms with Crippen molar-refractivity contribution in [1.82, 2.24) is 5.32 Å². The Morgan fingerprint density at radius 3 is 2.65 bits per heavy atom. The minimum absolute atomic E-state index is 0.0388. The van der Waals surface area contributed by atoms with Gasteiger partial charge in [-0.2, -0.15) is 0 Å². The zero-order chi connectivity index (χ0) is 14.6. The van der Waals surface area contributed by atoms with Gasteiger partial charge in [0.1, 0.15) is 0 Å². The zero-order valence-corrected chi connectivity index (χ0v) is 12.3. The molecule has 0 radical (unpaired) electrons. The van der Waals surface area contributed by atoms with Gasteiger partial charge in [-0.25, -0.2) is 0 Å². The van der Waals surface area contributed by atoms with E-state index in [1.54, 1.807) is 26.4 Å². The first kappa shape index (κ1) is 14.7.